The van der Waals surface area contributed by atoms with Crippen molar-refractivity contribution in [2.45, 2.75) is 6.92 Å². The lowest BCUT2D eigenvalue weighted by Crippen LogP contribution is -1.97. The number of thiazole rings is 1. The van der Waals surface area contributed by atoms with Crippen LogP contribution in [0.4, 0.5) is 17.1 Å². The fourth-order valence-corrected chi connectivity index (χ4v) is 2.62. The van der Waals surface area contributed by atoms with Crippen molar-refractivity contribution < 1.29 is 0 Å². The highest BCUT2D eigenvalue weighted by Gasteiger charge is 2.09. The topological polar surface area (TPSA) is 68.8 Å². The maximum Gasteiger partial charge on any atom is 0.106 e. The van der Waals surface area contributed by atoms with Gasteiger partial charge in [-0.3, -0.25) is 4.68 Å². The number of benzene rings is 1. The Kier molecular flexibility index (Phi) is 2.45. The Hall–Kier alpha value is -2.08. The molecule has 0 saturated carbocycles. The molecule has 0 aliphatic carbocycles. The highest BCUT2D eigenvalue weighted by atomic mass is 32.1. The predicted molar refractivity (Wildman–Crippen MR) is 75.3 cm³/mol. The van der Waals surface area contributed by atoms with Crippen molar-refractivity contribution in [1.29, 1.82) is 0 Å². The van der Waals surface area contributed by atoms with Gasteiger partial charge in [0.1, 0.15) is 5.52 Å². The number of aryl methyl sites for hydroxylation is 2. The molecule has 0 amide bonds. The summed E-state index contributed by atoms with van der Waals surface area (Å²) < 4.78 is 2.87. The van der Waals surface area contributed by atoms with Crippen molar-refractivity contribution in [2.75, 3.05) is 11.1 Å². The molecule has 92 valence electrons. The summed E-state index contributed by atoms with van der Waals surface area (Å²) in [5.74, 6) is 0. The van der Waals surface area contributed by atoms with Crippen molar-refractivity contribution in [3.63, 3.8) is 0 Å². The molecule has 0 radical (unpaired) electrons. The highest BCUT2D eigenvalue weighted by molar-refractivity contribution is 7.16. The van der Waals surface area contributed by atoms with E-state index in [1.807, 2.05) is 32.3 Å². The number of hydrogen-bond acceptors (Lipinski definition) is 5. The summed E-state index contributed by atoms with van der Waals surface area (Å²) in [6, 6.07) is 4.00. The molecule has 2 aromatic heterocycles. The Morgan fingerprint density at radius 3 is 2.89 bits per heavy atom. The van der Waals surface area contributed by atoms with E-state index in [9.17, 15) is 0 Å². The van der Waals surface area contributed by atoms with Crippen molar-refractivity contribution in [2.24, 2.45) is 7.05 Å². The van der Waals surface area contributed by atoms with E-state index >= 15 is 0 Å². The first-order valence-electron chi connectivity index (χ1n) is 5.54. The van der Waals surface area contributed by atoms with Crippen LogP contribution in [-0.2, 0) is 7.05 Å². The summed E-state index contributed by atoms with van der Waals surface area (Å²) in [7, 11) is 1.89. The number of hydrogen-bond donors (Lipinski definition) is 2. The van der Waals surface area contributed by atoms with E-state index in [0.717, 1.165) is 27.3 Å². The Balaban J connectivity index is 2.04. The molecule has 0 fully saturated rings. The van der Waals surface area contributed by atoms with Gasteiger partial charge in [-0.2, -0.15) is 5.10 Å². The van der Waals surface area contributed by atoms with Crippen molar-refractivity contribution in [3.05, 3.63) is 29.5 Å². The van der Waals surface area contributed by atoms with Crippen molar-refractivity contribution >= 4 is 38.6 Å². The molecule has 0 saturated heterocycles. The third kappa shape index (κ3) is 1.70. The molecule has 0 aliphatic rings. The van der Waals surface area contributed by atoms with Crippen molar-refractivity contribution in [1.82, 2.24) is 14.8 Å². The van der Waals surface area contributed by atoms with Gasteiger partial charge in [-0.05, 0) is 19.1 Å². The third-order valence-electron chi connectivity index (χ3n) is 2.82. The normalized spacial score (nSPS) is 11.0. The van der Waals surface area contributed by atoms with E-state index in [0.29, 0.717) is 5.69 Å². The average molecular weight is 259 g/mol. The first-order chi connectivity index (χ1) is 8.65. The lowest BCUT2D eigenvalue weighted by Gasteiger charge is -2.08. The van der Waals surface area contributed by atoms with Crippen LogP contribution in [0.3, 0.4) is 0 Å². The van der Waals surface area contributed by atoms with Crippen LogP contribution in [0, 0.1) is 6.92 Å². The van der Waals surface area contributed by atoms with Crippen LogP contribution in [0.1, 0.15) is 5.69 Å². The second kappa shape index (κ2) is 3.99. The SMILES string of the molecule is Cc1nn(C)cc1Nc1ccc2scnc2c1N. The Labute approximate surface area is 108 Å². The Morgan fingerprint density at radius 2 is 2.17 bits per heavy atom. The smallest absolute Gasteiger partial charge is 0.106 e. The molecule has 3 rings (SSSR count). The molecule has 2 heterocycles. The first kappa shape index (κ1) is 11.0. The van der Waals surface area contributed by atoms with E-state index in [1.54, 1.807) is 21.5 Å². The number of anilines is 3. The van der Waals surface area contributed by atoms with E-state index in [4.69, 9.17) is 5.73 Å². The minimum absolute atomic E-state index is 0.678. The fraction of sp³-hybridized carbons (Fsp3) is 0.167. The molecule has 0 spiro atoms. The number of nitrogens with one attached hydrogen (secondary N) is 1. The predicted octanol–water partition coefficient (Wildman–Crippen LogP) is 2.66. The lowest BCUT2D eigenvalue weighted by molar-refractivity contribution is 0.756. The maximum atomic E-state index is 6.12. The van der Waals surface area contributed by atoms with Crippen LogP contribution in [0.5, 0.6) is 0 Å². The quantitative estimate of drug-likeness (QED) is 0.694. The summed E-state index contributed by atoms with van der Waals surface area (Å²) in [5, 5.41) is 7.59. The van der Waals surface area contributed by atoms with Crippen molar-refractivity contribution in [3.8, 4) is 0 Å². The van der Waals surface area contributed by atoms with Crippen LogP contribution in [0.15, 0.2) is 23.8 Å². The minimum Gasteiger partial charge on any atom is -0.395 e. The fourth-order valence-electron chi connectivity index (χ4n) is 1.93. The zero-order valence-electron chi connectivity index (χ0n) is 10.1. The summed E-state index contributed by atoms with van der Waals surface area (Å²) in [6.45, 7) is 1.96. The molecule has 0 atom stereocenters. The second-order valence-electron chi connectivity index (χ2n) is 4.15. The first-order valence-corrected chi connectivity index (χ1v) is 6.42. The van der Waals surface area contributed by atoms with Gasteiger partial charge in [0.2, 0.25) is 0 Å². The molecule has 5 nitrogen and oxygen atoms in total. The number of aromatic nitrogens is 3. The summed E-state index contributed by atoms with van der Waals surface area (Å²) >= 11 is 1.59. The van der Waals surface area contributed by atoms with Gasteiger partial charge >= 0.3 is 0 Å². The molecule has 0 aliphatic heterocycles. The van der Waals surface area contributed by atoms with Crippen LogP contribution < -0.4 is 11.1 Å². The number of rotatable bonds is 2. The van der Waals surface area contributed by atoms with Gasteiger partial charge in [0.25, 0.3) is 0 Å². The van der Waals surface area contributed by atoms with E-state index in [-0.39, 0.29) is 0 Å². The van der Waals surface area contributed by atoms with Gasteiger partial charge in [0, 0.05) is 13.2 Å². The summed E-state index contributed by atoms with van der Waals surface area (Å²) in [6.07, 6.45) is 1.93. The van der Waals surface area contributed by atoms with Gasteiger partial charge < -0.3 is 11.1 Å². The second-order valence-corrected chi connectivity index (χ2v) is 5.04. The Bertz CT molecular complexity index is 712. The van der Waals surface area contributed by atoms with Crippen LogP contribution in [0.25, 0.3) is 10.2 Å². The minimum atomic E-state index is 0.678. The number of nitrogens with zero attached hydrogens (tertiary/aromatic N) is 3. The zero-order valence-corrected chi connectivity index (χ0v) is 11.0. The van der Waals surface area contributed by atoms with Gasteiger partial charge in [0.15, 0.2) is 0 Å². The van der Waals surface area contributed by atoms with Crippen LogP contribution in [0.2, 0.25) is 0 Å². The molecule has 3 aromatic rings. The molecular weight excluding hydrogens is 246 g/mol. The number of nitrogens with two attached hydrogens (primary N) is 1. The molecule has 0 bridgehead atoms. The third-order valence-corrected chi connectivity index (χ3v) is 3.62. The van der Waals surface area contributed by atoms with E-state index in [1.165, 1.54) is 0 Å². The summed E-state index contributed by atoms with van der Waals surface area (Å²) in [5.41, 5.74) is 12.2. The molecule has 1 aromatic carbocycles. The largest absolute Gasteiger partial charge is 0.395 e. The maximum absolute atomic E-state index is 6.12. The highest BCUT2D eigenvalue weighted by Crippen LogP contribution is 2.32. The van der Waals surface area contributed by atoms with Gasteiger partial charge in [-0.15, -0.1) is 11.3 Å². The van der Waals surface area contributed by atoms with E-state index < -0.39 is 0 Å². The van der Waals surface area contributed by atoms with Crippen LogP contribution in [-0.4, -0.2) is 14.8 Å². The molecular formula is C12H13N5S. The summed E-state index contributed by atoms with van der Waals surface area (Å²) in [4.78, 5) is 4.28. The molecule has 6 heteroatoms. The molecule has 3 N–H and O–H groups in total. The average Bonchev–Trinajstić information content (AvgIpc) is 2.90. The number of nitrogen functional groups attached to an aromatic ring is 1. The molecule has 18 heavy (non-hydrogen) atoms. The number of fused-ring (bicyclic) bond motifs is 1. The lowest BCUT2D eigenvalue weighted by atomic mass is 10.2. The van der Waals surface area contributed by atoms with Gasteiger partial charge in [-0.1, -0.05) is 0 Å². The van der Waals surface area contributed by atoms with Gasteiger partial charge in [0.05, 0.1) is 33.0 Å². The standard InChI is InChI=1S/C12H13N5S/c1-7-9(5-17(2)16-7)15-8-3-4-10-12(11(8)13)14-6-18-10/h3-6,15H,13H2,1-2H3. The van der Waals surface area contributed by atoms with Gasteiger partial charge in [-0.25, -0.2) is 4.98 Å². The van der Waals surface area contributed by atoms with E-state index in [2.05, 4.69) is 15.4 Å². The molecule has 0 unspecified atom stereocenters. The van der Waals surface area contributed by atoms with Crippen LogP contribution >= 0.6 is 11.3 Å². The Morgan fingerprint density at radius 1 is 1.33 bits per heavy atom. The monoisotopic (exact) mass is 259 g/mol. The zero-order chi connectivity index (χ0) is 12.7.